The van der Waals surface area contributed by atoms with Gasteiger partial charge in [-0.05, 0) is 87.6 Å². The van der Waals surface area contributed by atoms with Crippen LogP contribution in [0.25, 0.3) is 93.7 Å². The van der Waals surface area contributed by atoms with Crippen molar-refractivity contribution in [2.75, 3.05) is 0 Å². The average Bonchev–Trinajstić information content (AvgIpc) is 3.69. The molecular formula is C45H28N2O. The van der Waals surface area contributed by atoms with E-state index in [4.69, 9.17) is 9.40 Å². The van der Waals surface area contributed by atoms with Crippen molar-refractivity contribution in [3.8, 4) is 39.2 Å². The Labute approximate surface area is 277 Å². The molecule has 0 aliphatic rings. The van der Waals surface area contributed by atoms with Crippen LogP contribution < -0.4 is 0 Å². The summed E-state index contributed by atoms with van der Waals surface area (Å²) >= 11 is 0. The Hall–Kier alpha value is -6.45. The molecule has 0 saturated heterocycles. The zero-order valence-corrected chi connectivity index (χ0v) is 26.0. The summed E-state index contributed by atoms with van der Waals surface area (Å²) in [6.07, 6.45) is 2.00. The summed E-state index contributed by atoms with van der Waals surface area (Å²) in [5, 5.41) is 7.17. The van der Waals surface area contributed by atoms with E-state index in [0.717, 1.165) is 49.9 Å². The number of benzene rings is 7. The van der Waals surface area contributed by atoms with E-state index in [0.29, 0.717) is 0 Å². The van der Waals surface area contributed by atoms with Gasteiger partial charge >= 0.3 is 0 Å². The third-order valence-electron chi connectivity index (χ3n) is 9.63. The number of aromatic nitrogens is 2. The van der Waals surface area contributed by atoms with Crippen molar-refractivity contribution in [3.05, 3.63) is 170 Å². The predicted molar refractivity (Wildman–Crippen MR) is 200 cm³/mol. The minimum atomic E-state index is 0.908. The molecule has 0 amide bonds. The van der Waals surface area contributed by atoms with E-state index in [-0.39, 0.29) is 0 Å². The topological polar surface area (TPSA) is 31.0 Å². The molecular weight excluding hydrogens is 585 g/mol. The lowest BCUT2D eigenvalue weighted by molar-refractivity contribution is 0.669. The number of pyridine rings is 1. The fourth-order valence-electron chi connectivity index (χ4n) is 7.23. The van der Waals surface area contributed by atoms with Crippen molar-refractivity contribution in [2.24, 2.45) is 0 Å². The van der Waals surface area contributed by atoms with Crippen molar-refractivity contribution in [3.63, 3.8) is 0 Å². The Morgan fingerprint density at radius 3 is 1.96 bits per heavy atom. The van der Waals surface area contributed by atoms with Gasteiger partial charge in [0, 0.05) is 27.1 Å². The third-order valence-corrected chi connectivity index (χ3v) is 9.63. The van der Waals surface area contributed by atoms with Crippen LogP contribution in [0.5, 0.6) is 0 Å². The van der Waals surface area contributed by atoms with Crippen LogP contribution in [0.1, 0.15) is 0 Å². The minimum absolute atomic E-state index is 0.908. The summed E-state index contributed by atoms with van der Waals surface area (Å²) < 4.78 is 8.48. The van der Waals surface area contributed by atoms with Crippen LogP contribution in [0.4, 0.5) is 0 Å². The van der Waals surface area contributed by atoms with E-state index in [2.05, 4.69) is 150 Å². The van der Waals surface area contributed by atoms with Gasteiger partial charge in [0.25, 0.3) is 0 Å². The van der Waals surface area contributed by atoms with Crippen LogP contribution in [0.15, 0.2) is 174 Å². The molecule has 10 aromatic rings. The molecule has 0 aliphatic heterocycles. The normalized spacial score (nSPS) is 11.8. The molecule has 48 heavy (non-hydrogen) atoms. The number of hydrogen-bond donors (Lipinski definition) is 0. The van der Waals surface area contributed by atoms with Gasteiger partial charge in [-0.3, -0.25) is 4.98 Å². The summed E-state index contributed by atoms with van der Waals surface area (Å²) in [6.45, 7) is 0. The monoisotopic (exact) mass is 612 g/mol. The first-order chi connectivity index (χ1) is 23.8. The Kier molecular flexibility index (Phi) is 5.87. The number of furan rings is 1. The van der Waals surface area contributed by atoms with E-state index < -0.39 is 0 Å². The molecule has 0 bridgehead atoms. The highest BCUT2D eigenvalue weighted by molar-refractivity contribution is 6.12. The van der Waals surface area contributed by atoms with Gasteiger partial charge in [-0.1, -0.05) is 109 Å². The quantitative estimate of drug-likeness (QED) is 0.198. The van der Waals surface area contributed by atoms with E-state index in [1.54, 1.807) is 0 Å². The molecule has 0 spiro atoms. The van der Waals surface area contributed by atoms with Gasteiger partial charge in [-0.15, -0.1) is 0 Å². The maximum Gasteiger partial charge on any atom is 0.135 e. The van der Waals surface area contributed by atoms with Crippen molar-refractivity contribution in [2.45, 2.75) is 0 Å². The van der Waals surface area contributed by atoms with Crippen LogP contribution in [-0.4, -0.2) is 9.55 Å². The summed E-state index contributed by atoms with van der Waals surface area (Å²) in [5.74, 6) is 0. The fraction of sp³-hybridized carbons (Fsp3) is 0. The number of rotatable bonds is 4. The van der Waals surface area contributed by atoms with Gasteiger partial charge in [0.2, 0.25) is 0 Å². The smallest absolute Gasteiger partial charge is 0.135 e. The number of hydrogen-bond acceptors (Lipinski definition) is 2. The first-order valence-corrected chi connectivity index (χ1v) is 16.3. The van der Waals surface area contributed by atoms with Crippen molar-refractivity contribution < 1.29 is 4.42 Å². The third kappa shape index (κ3) is 4.25. The Bertz CT molecular complexity index is 2820. The number of fused-ring (bicyclic) bond motifs is 7. The molecule has 0 fully saturated rings. The Balaban J connectivity index is 1.17. The highest BCUT2D eigenvalue weighted by Crippen LogP contribution is 2.39. The standard InChI is InChI=1S/C45H28N2O/c1-2-9-30(10-3-1)41-21-19-36(28-46-41)47-42-22-17-33(34-18-23-45-40(26-34)38-12-6-7-13-44(38)48-45)25-39(42)37-20-16-35(27-43(37)47)32-15-14-29-8-4-5-11-31(29)24-32/h1-28H. The molecule has 10 rings (SSSR count). The summed E-state index contributed by atoms with van der Waals surface area (Å²) in [6, 6.07) is 58.3. The molecule has 0 unspecified atom stereocenters. The minimum Gasteiger partial charge on any atom is -0.456 e. The lowest BCUT2D eigenvalue weighted by Gasteiger charge is -2.10. The molecule has 224 valence electrons. The summed E-state index contributed by atoms with van der Waals surface area (Å²) in [7, 11) is 0. The van der Waals surface area contributed by atoms with Crippen LogP contribution in [-0.2, 0) is 0 Å². The first kappa shape index (κ1) is 26.7. The molecule has 3 heteroatoms. The second-order valence-electron chi connectivity index (χ2n) is 12.4. The van der Waals surface area contributed by atoms with Gasteiger partial charge in [0.15, 0.2) is 0 Å². The lowest BCUT2D eigenvalue weighted by atomic mass is 9.99. The average molecular weight is 613 g/mol. The molecule has 0 radical (unpaired) electrons. The zero-order valence-electron chi connectivity index (χ0n) is 26.0. The van der Waals surface area contributed by atoms with E-state index >= 15 is 0 Å². The van der Waals surface area contributed by atoms with Gasteiger partial charge in [0.05, 0.1) is 28.6 Å². The summed E-state index contributed by atoms with van der Waals surface area (Å²) in [5.41, 5.74) is 11.9. The predicted octanol–water partition coefficient (Wildman–Crippen LogP) is 12.2. The highest BCUT2D eigenvalue weighted by atomic mass is 16.3. The Morgan fingerprint density at radius 1 is 0.396 bits per heavy atom. The lowest BCUT2D eigenvalue weighted by Crippen LogP contribution is -1.96. The number of para-hydroxylation sites is 1. The van der Waals surface area contributed by atoms with Crippen molar-refractivity contribution in [1.82, 2.24) is 9.55 Å². The van der Waals surface area contributed by atoms with Crippen molar-refractivity contribution >= 4 is 54.5 Å². The number of nitrogens with zero attached hydrogens (tertiary/aromatic N) is 2. The molecule has 0 atom stereocenters. The molecule has 3 heterocycles. The molecule has 0 saturated carbocycles. The van der Waals surface area contributed by atoms with Gasteiger partial charge < -0.3 is 8.98 Å². The van der Waals surface area contributed by atoms with Crippen LogP contribution in [0.2, 0.25) is 0 Å². The largest absolute Gasteiger partial charge is 0.456 e. The van der Waals surface area contributed by atoms with Gasteiger partial charge in [0.1, 0.15) is 11.2 Å². The zero-order chi connectivity index (χ0) is 31.6. The van der Waals surface area contributed by atoms with Crippen LogP contribution >= 0.6 is 0 Å². The maximum atomic E-state index is 6.12. The summed E-state index contributed by atoms with van der Waals surface area (Å²) in [4.78, 5) is 4.92. The maximum absolute atomic E-state index is 6.12. The molecule has 0 aliphatic carbocycles. The second-order valence-corrected chi connectivity index (χ2v) is 12.4. The van der Waals surface area contributed by atoms with Crippen LogP contribution in [0.3, 0.4) is 0 Å². The van der Waals surface area contributed by atoms with E-state index in [1.807, 2.05) is 24.4 Å². The second kappa shape index (κ2) is 10.5. The van der Waals surface area contributed by atoms with Gasteiger partial charge in [-0.25, -0.2) is 0 Å². The van der Waals surface area contributed by atoms with Gasteiger partial charge in [-0.2, -0.15) is 0 Å². The fourth-order valence-corrected chi connectivity index (χ4v) is 7.23. The van der Waals surface area contributed by atoms with Crippen LogP contribution in [0, 0.1) is 0 Å². The van der Waals surface area contributed by atoms with E-state index in [1.165, 1.54) is 43.8 Å². The van der Waals surface area contributed by atoms with E-state index in [9.17, 15) is 0 Å². The molecule has 3 nitrogen and oxygen atoms in total. The van der Waals surface area contributed by atoms with Crippen molar-refractivity contribution in [1.29, 1.82) is 0 Å². The molecule has 3 aromatic heterocycles. The SMILES string of the molecule is c1ccc(-c2ccc(-n3c4ccc(-c5ccc6oc7ccccc7c6c5)cc4c4ccc(-c5ccc6ccccc6c5)cc43)cn2)cc1. The first-order valence-electron chi connectivity index (χ1n) is 16.3. The highest BCUT2D eigenvalue weighted by Gasteiger charge is 2.16. The molecule has 0 N–H and O–H groups in total. The Morgan fingerprint density at radius 2 is 1.08 bits per heavy atom. The molecule has 7 aromatic carbocycles.